The van der Waals surface area contributed by atoms with E-state index in [1.807, 2.05) is 0 Å². The summed E-state index contributed by atoms with van der Waals surface area (Å²) in [6.07, 6.45) is 0. The highest BCUT2D eigenvalue weighted by atomic mass is 127. The molecule has 0 aliphatic rings. The van der Waals surface area contributed by atoms with E-state index < -0.39 is 4.61 Å². The third-order valence-electron chi connectivity index (χ3n) is 0.126. The van der Waals surface area contributed by atoms with Crippen LogP contribution in [-0.2, 0) is 0 Å². The van der Waals surface area contributed by atoms with Crippen LogP contribution >= 0.6 is 46.3 Å². The van der Waals surface area contributed by atoms with Gasteiger partial charge in [-0.05, 0) is 22.0 Å². The van der Waals surface area contributed by atoms with Crippen LogP contribution in [0, 0.1) is 5.53 Å². The van der Waals surface area contributed by atoms with E-state index in [9.17, 15) is 0 Å². The van der Waals surface area contributed by atoms with Crippen molar-refractivity contribution in [2.75, 3.05) is 0 Å². The van der Waals surface area contributed by atoms with Gasteiger partial charge in [0.2, 0.25) is 0 Å². The fourth-order valence-electron chi connectivity index (χ4n) is 0.0378. The van der Waals surface area contributed by atoms with Crippen molar-refractivity contribution < 1.29 is 0 Å². The summed E-state index contributed by atoms with van der Waals surface area (Å²) in [6.45, 7) is 0. The maximum absolute atomic E-state index is 6.30. The molecule has 0 rings (SSSR count). The van der Waals surface area contributed by atoms with Crippen LogP contribution in [0.3, 0.4) is 0 Å². The van der Waals surface area contributed by atoms with Gasteiger partial charge in [0.1, 0.15) is 4.61 Å². The third kappa shape index (κ3) is 5.48. The van der Waals surface area contributed by atoms with Crippen molar-refractivity contribution >= 4 is 46.3 Å². The molecule has 0 saturated heterocycles. The van der Waals surface area contributed by atoms with E-state index in [-0.39, 0.29) is 8.42 Å². The summed E-state index contributed by atoms with van der Waals surface area (Å²) in [5, 5.41) is 0. The number of rotatable bonds is 2. The molecule has 0 aromatic heterocycles. The Bertz CT molecular complexity index is 46.8. The summed E-state index contributed by atoms with van der Waals surface area (Å²) in [7, 11) is 0.280. The van der Waals surface area contributed by atoms with Crippen molar-refractivity contribution in [1.82, 2.24) is 0 Å². The van der Waals surface area contributed by atoms with Crippen molar-refractivity contribution in [3.05, 3.63) is 0 Å². The predicted octanol–water partition coefficient (Wildman–Crippen LogP) is 3.51. The van der Waals surface area contributed by atoms with E-state index in [2.05, 4.69) is 26.9 Å². The van der Waals surface area contributed by atoms with Crippen LogP contribution in [0.1, 0.15) is 0 Å². The number of hydrogen-bond donors (Lipinski definition) is 1. The van der Waals surface area contributed by atoms with Crippen LogP contribution in [0.2, 0.25) is 0 Å². The van der Waals surface area contributed by atoms with Gasteiger partial charge in [0.05, 0.1) is 8.42 Å². The van der Waals surface area contributed by atoms with E-state index >= 15 is 0 Å². The van der Waals surface area contributed by atoms with Gasteiger partial charge in [0.15, 0.2) is 0 Å². The molecule has 2 nitrogen and oxygen atoms in total. The van der Waals surface area contributed by atoms with Gasteiger partial charge in [-0.1, -0.05) is 11.2 Å². The molecule has 0 aromatic rings. The number of nitrogens with one attached hydrogen (secondary N) is 1. The molecule has 0 radical (unpaired) electrons. The summed E-state index contributed by atoms with van der Waals surface area (Å²) in [5.74, 6) is 0. The standard InChI is InChI=1S/ClH2IN2P2/c1-6(2)5-4-3/h3,5H. The second kappa shape index (κ2) is 4.63. The molecule has 0 bridgehead atoms. The highest BCUT2D eigenvalue weighted by molar-refractivity contribution is 14.2. The highest BCUT2D eigenvalue weighted by Crippen LogP contribution is 2.67. The van der Waals surface area contributed by atoms with Gasteiger partial charge in [0.25, 0.3) is 0 Å². The fraction of sp³-hybridized carbons (Fsp3) is 0. The maximum Gasteiger partial charge on any atom is 0.101 e. The summed E-state index contributed by atoms with van der Waals surface area (Å²) in [6, 6.07) is 0. The minimum atomic E-state index is -0.485. The first kappa shape index (κ1) is 7.48. The Morgan fingerprint density at radius 1 is 2.00 bits per heavy atom. The number of nitrogens with zero attached hydrogens (tertiary/aromatic N) is 1. The summed E-state index contributed by atoms with van der Waals surface area (Å²) in [4.78, 5) is 3.10. The van der Waals surface area contributed by atoms with Gasteiger partial charge in [-0.3, -0.25) is 0 Å². The van der Waals surface area contributed by atoms with Gasteiger partial charge < -0.3 is 0 Å². The SMILES string of the molecule is N=NPP(Cl)I. The molecule has 6 heteroatoms. The Morgan fingerprint density at radius 2 is 2.50 bits per heavy atom. The topological polar surface area (TPSA) is 36.2 Å². The van der Waals surface area contributed by atoms with Gasteiger partial charge in [-0.25, -0.2) is 5.53 Å². The smallest absolute Gasteiger partial charge is 0.101 e. The Kier molecular flexibility index (Phi) is 5.78. The molecule has 6 heavy (non-hydrogen) atoms. The molecule has 2 unspecified atom stereocenters. The Labute approximate surface area is 56.7 Å². The largest absolute Gasteiger partial charge is 0.206 e. The second-order valence-electron chi connectivity index (χ2n) is 0.445. The van der Waals surface area contributed by atoms with E-state index in [1.54, 1.807) is 0 Å². The van der Waals surface area contributed by atoms with Crippen LogP contribution in [0.4, 0.5) is 0 Å². The first-order valence-corrected chi connectivity index (χ1v) is 7.83. The third-order valence-corrected chi connectivity index (χ3v) is 3.75. The molecule has 0 spiro atoms. The highest BCUT2D eigenvalue weighted by Gasteiger charge is 1.91. The van der Waals surface area contributed by atoms with Crippen molar-refractivity contribution in [2.24, 2.45) is 4.88 Å². The molecule has 0 saturated carbocycles. The van der Waals surface area contributed by atoms with Crippen LogP contribution in [0.5, 0.6) is 0 Å². The molecule has 1 N–H and O–H groups in total. The molecular formula is H2ClIN2P2. The second-order valence-corrected chi connectivity index (χ2v) is 12.5. The van der Waals surface area contributed by atoms with E-state index in [4.69, 9.17) is 16.8 Å². The van der Waals surface area contributed by atoms with E-state index in [1.165, 1.54) is 0 Å². The van der Waals surface area contributed by atoms with Gasteiger partial charge >= 0.3 is 0 Å². The Morgan fingerprint density at radius 3 is 2.50 bits per heavy atom. The lowest BCUT2D eigenvalue weighted by Gasteiger charge is -1.85. The normalized spacial score (nSPS) is 15.7. The molecular weight excluding hydrogens is 252 g/mol. The van der Waals surface area contributed by atoms with E-state index in [0.29, 0.717) is 0 Å². The van der Waals surface area contributed by atoms with Crippen LogP contribution in [0.15, 0.2) is 4.88 Å². The minimum Gasteiger partial charge on any atom is -0.206 e. The maximum atomic E-state index is 6.30. The van der Waals surface area contributed by atoms with Crippen molar-refractivity contribution in [3.63, 3.8) is 0 Å². The lowest BCUT2D eigenvalue weighted by Crippen LogP contribution is -1.17. The Balaban J connectivity index is 2.81. The lowest BCUT2D eigenvalue weighted by molar-refractivity contribution is 1.25. The number of hydrogen-bond acceptors (Lipinski definition) is 2. The first-order valence-electron chi connectivity index (χ1n) is 1.01. The van der Waals surface area contributed by atoms with Crippen LogP contribution in [-0.4, -0.2) is 0 Å². The zero-order chi connectivity index (χ0) is 4.99. The van der Waals surface area contributed by atoms with Gasteiger partial charge in [-0.15, -0.1) is 0 Å². The average Bonchev–Trinajstić information content (AvgIpc) is 1.35. The summed E-state index contributed by atoms with van der Waals surface area (Å²) >= 11 is 7.50. The predicted molar refractivity (Wildman–Crippen MR) is 40.3 cm³/mol. The minimum absolute atomic E-state index is 0.280. The zero-order valence-electron chi connectivity index (χ0n) is 2.65. The van der Waals surface area contributed by atoms with Crippen molar-refractivity contribution in [1.29, 1.82) is 5.53 Å². The monoisotopic (exact) mass is 254 g/mol. The number of halogens is 2. The molecule has 0 fully saturated rings. The van der Waals surface area contributed by atoms with Crippen molar-refractivity contribution in [3.8, 4) is 0 Å². The van der Waals surface area contributed by atoms with E-state index in [0.717, 1.165) is 0 Å². The quantitative estimate of drug-likeness (QED) is 0.445. The Hall–Kier alpha value is 1.48. The van der Waals surface area contributed by atoms with Crippen LogP contribution in [0.25, 0.3) is 0 Å². The molecule has 0 heterocycles. The summed E-state index contributed by atoms with van der Waals surface area (Å²) < 4.78 is -0.485. The molecule has 0 aromatic carbocycles. The fourth-order valence-corrected chi connectivity index (χ4v) is 1.65. The molecule has 2 atom stereocenters. The van der Waals surface area contributed by atoms with Crippen molar-refractivity contribution in [2.45, 2.75) is 0 Å². The lowest BCUT2D eigenvalue weighted by atomic mass is 13.3. The molecule has 36 valence electrons. The zero-order valence-corrected chi connectivity index (χ0v) is 7.46. The van der Waals surface area contributed by atoms with Crippen LogP contribution < -0.4 is 0 Å². The molecule has 0 aliphatic heterocycles. The van der Waals surface area contributed by atoms with Gasteiger partial charge in [0, 0.05) is 0 Å². The average molecular weight is 254 g/mol. The first-order chi connectivity index (χ1) is 2.77. The molecule has 0 amide bonds. The molecule has 0 aliphatic carbocycles. The summed E-state index contributed by atoms with van der Waals surface area (Å²) in [5.41, 5.74) is 6.30. The van der Waals surface area contributed by atoms with Gasteiger partial charge in [-0.2, -0.15) is 4.88 Å².